The first-order valence-electron chi connectivity index (χ1n) is 6.19. The third-order valence-electron chi connectivity index (χ3n) is 3.34. The van der Waals surface area contributed by atoms with Crippen LogP contribution in [-0.2, 0) is 9.59 Å². The second-order valence-corrected chi connectivity index (χ2v) is 4.89. The Morgan fingerprint density at radius 1 is 1.35 bits per heavy atom. The lowest BCUT2D eigenvalue weighted by Gasteiger charge is -2.39. The lowest BCUT2D eigenvalue weighted by molar-refractivity contribution is -0.148. The van der Waals surface area contributed by atoms with Crippen molar-refractivity contribution in [1.82, 2.24) is 10.2 Å². The molecule has 2 unspecified atom stereocenters. The summed E-state index contributed by atoms with van der Waals surface area (Å²) in [6, 6.07) is -0.866. The van der Waals surface area contributed by atoms with Crippen molar-refractivity contribution in [2.75, 3.05) is 13.6 Å². The summed E-state index contributed by atoms with van der Waals surface area (Å²) in [7, 11) is 1.60. The first-order chi connectivity index (χ1) is 7.99. The van der Waals surface area contributed by atoms with Crippen molar-refractivity contribution >= 4 is 11.9 Å². The van der Waals surface area contributed by atoms with E-state index in [0.29, 0.717) is 6.54 Å². The molecule has 0 aliphatic carbocycles. The molecule has 0 spiro atoms. The average molecular weight is 242 g/mol. The van der Waals surface area contributed by atoms with Crippen LogP contribution in [-0.4, -0.2) is 47.6 Å². The maximum atomic E-state index is 11.8. The number of hydrogen-bond acceptors (Lipinski definition) is 3. The van der Waals surface area contributed by atoms with Gasteiger partial charge in [-0.2, -0.15) is 0 Å². The average Bonchev–Trinajstić information content (AvgIpc) is 2.28. The molecule has 1 saturated heterocycles. The Morgan fingerprint density at radius 3 is 2.47 bits per heavy atom. The van der Waals surface area contributed by atoms with Crippen molar-refractivity contribution in [1.29, 1.82) is 0 Å². The Kier molecular flexibility index (Phi) is 4.93. The first-order valence-corrected chi connectivity index (χ1v) is 6.19. The summed E-state index contributed by atoms with van der Waals surface area (Å²) in [5, 5.41) is 11.9. The SMILES string of the molecule is CNC(=O)C1CCCCN1C(C(=O)O)C(C)C. The number of likely N-dealkylation sites (tertiary alicyclic amines) is 1. The van der Waals surface area contributed by atoms with Crippen LogP contribution < -0.4 is 5.32 Å². The fraction of sp³-hybridized carbons (Fsp3) is 0.833. The summed E-state index contributed by atoms with van der Waals surface area (Å²) in [6.45, 7) is 4.45. The Hall–Kier alpha value is -1.10. The Morgan fingerprint density at radius 2 is 2.00 bits per heavy atom. The highest BCUT2D eigenvalue weighted by Gasteiger charge is 2.37. The second-order valence-electron chi connectivity index (χ2n) is 4.89. The summed E-state index contributed by atoms with van der Waals surface area (Å²) in [6.07, 6.45) is 2.69. The molecule has 2 N–H and O–H groups in total. The van der Waals surface area contributed by atoms with Crippen molar-refractivity contribution in [3.63, 3.8) is 0 Å². The van der Waals surface area contributed by atoms with Crippen molar-refractivity contribution in [3.8, 4) is 0 Å². The number of carboxylic acid groups (broad SMARTS) is 1. The fourth-order valence-electron chi connectivity index (χ4n) is 2.54. The summed E-state index contributed by atoms with van der Waals surface area (Å²) in [4.78, 5) is 24.9. The van der Waals surface area contributed by atoms with Crippen molar-refractivity contribution in [2.45, 2.75) is 45.2 Å². The van der Waals surface area contributed by atoms with Crippen LogP contribution in [0.2, 0.25) is 0 Å². The van der Waals surface area contributed by atoms with Crippen LogP contribution in [0.5, 0.6) is 0 Å². The molecule has 0 aromatic rings. The van der Waals surface area contributed by atoms with E-state index in [2.05, 4.69) is 5.32 Å². The molecule has 17 heavy (non-hydrogen) atoms. The van der Waals surface area contributed by atoms with E-state index in [1.165, 1.54) is 0 Å². The largest absolute Gasteiger partial charge is 0.480 e. The highest BCUT2D eigenvalue weighted by Crippen LogP contribution is 2.23. The molecular weight excluding hydrogens is 220 g/mol. The van der Waals surface area contributed by atoms with Gasteiger partial charge in [0.05, 0.1) is 6.04 Å². The number of nitrogens with zero attached hydrogens (tertiary/aromatic N) is 1. The molecule has 0 aromatic carbocycles. The highest BCUT2D eigenvalue weighted by atomic mass is 16.4. The van der Waals surface area contributed by atoms with Crippen LogP contribution >= 0.6 is 0 Å². The van der Waals surface area contributed by atoms with Crippen molar-refractivity contribution in [2.24, 2.45) is 5.92 Å². The molecule has 0 saturated carbocycles. The van der Waals surface area contributed by atoms with Crippen molar-refractivity contribution < 1.29 is 14.7 Å². The molecule has 1 aliphatic heterocycles. The number of likely N-dealkylation sites (N-methyl/N-ethyl adjacent to an activating group) is 1. The molecule has 0 aromatic heterocycles. The standard InChI is InChI=1S/C12H22N2O3/c1-8(2)10(12(16)17)14-7-5-4-6-9(14)11(15)13-3/h8-10H,4-7H2,1-3H3,(H,13,15)(H,16,17). The summed E-state index contributed by atoms with van der Waals surface area (Å²) in [5.41, 5.74) is 0. The fourth-order valence-corrected chi connectivity index (χ4v) is 2.54. The van der Waals surface area contributed by atoms with Crippen LogP contribution in [0.3, 0.4) is 0 Å². The minimum atomic E-state index is -0.837. The molecule has 5 nitrogen and oxygen atoms in total. The first kappa shape index (κ1) is 14.0. The number of amides is 1. The lowest BCUT2D eigenvalue weighted by atomic mass is 9.94. The van der Waals surface area contributed by atoms with E-state index in [1.807, 2.05) is 18.7 Å². The zero-order valence-electron chi connectivity index (χ0n) is 10.8. The zero-order valence-corrected chi connectivity index (χ0v) is 10.8. The molecule has 1 amide bonds. The summed E-state index contributed by atoms with van der Waals surface area (Å²) < 4.78 is 0. The Bertz CT molecular complexity index is 291. The van der Waals surface area contributed by atoms with E-state index in [1.54, 1.807) is 7.05 Å². The third-order valence-corrected chi connectivity index (χ3v) is 3.34. The smallest absolute Gasteiger partial charge is 0.321 e. The van der Waals surface area contributed by atoms with Crippen LogP contribution in [0, 0.1) is 5.92 Å². The Balaban J connectivity index is 2.89. The van der Waals surface area contributed by atoms with Gasteiger partial charge < -0.3 is 10.4 Å². The predicted octanol–water partition coefficient (Wildman–Crippen LogP) is 0.696. The van der Waals surface area contributed by atoms with Gasteiger partial charge in [0.15, 0.2) is 0 Å². The van der Waals surface area contributed by atoms with Gasteiger partial charge >= 0.3 is 5.97 Å². The molecule has 1 rings (SSSR count). The van der Waals surface area contributed by atoms with Crippen LogP contribution in [0.15, 0.2) is 0 Å². The van der Waals surface area contributed by atoms with Crippen LogP contribution in [0.1, 0.15) is 33.1 Å². The minimum absolute atomic E-state index is 0.00208. The molecule has 0 bridgehead atoms. The minimum Gasteiger partial charge on any atom is -0.480 e. The number of carbonyl (C=O) groups is 2. The normalized spacial score (nSPS) is 23.4. The molecule has 1 heterocycles. The van der Waals surface area contributed by atoms with E-state index >= 15 is 0 Å². The van der Waals surface area contributed by atoms with E-state index in [-0.39, 0.29) is 17.9 Å². The van der Waals surface area contributed by atoms with Gasteiger partial charge in [-0.05, 0) is 25.3 Å². The number of piperidine rings is 1. The lowest BCUT2D eigenvalue weighted by Crippen LogP contribution is -2.56. The molecular formula is C12H22N2O3. The Labute approximate surface area is 102 Å². The second kappa shape index (κ2) is 6.00. The van der Waals surface area contributed by atoms with Gasteiger partial charge in [-0.1, -0.05) is 20.3 Å². The van der Waals surface area contributed by atoms with E-state index in [4.69, 9.17) is 0 Å². The number of nitrogens with one attached hydrogen (secondary N) is 1. The summed E-state index contributed by atoms with van der Waals surface area (Å²) >= 11 is 0. The van der Waals surface area contributed by atoms with Gasteiger partial charge in [0.2, 0.25) is 5.91 Å². The predicted molar refractivity (Wildman–Crippen MR) is 64.7 cm³/mol. The van der Waals surface area contributed by atoms with Gasteiger partial charge in [0.1, 0.15) is 6.04 Å². The molecule has 1 aliphatic rings. The van der Waals surface area contributed by atoms with E-state index in [0.717, 1.165) is 19.3 Å². The molecule has 98 valence electrons. The third kappa shape index (κ3) is 3.19. The zero-order chi connectivity index (χ0) is 13.0. The number of carboxylic acids is 1. The number of aliphatic carboxylic acids is 1. The highest BCUT2D eigenvalue weighted by molar-refractivity contribution is 5.83. The molecule has 5 heteroatoms. The topological polar surface area (TPSA) is 69.6 Å². The quantitative estimate of drug-likeness (QED) is 0.761. The number of hydrogen-bond donors (Lipinski definition) is 2. The maximum absolute atomic E-state index is 11.8. The van der Waals surface area contributed by atoms with Crippen LogP contribution in [0.25, 0.3) is 0 Å². The molecule has 1 fully saturated rings. The maximum Gasteiger partial charge on any atom is 0.321 e. The van der Waals surface area contributed by atoms with Gasteiger partial charge in [-0.3, -0.25) is 14.5 Å². The molecule has 0 radical (unpaired) electrons. The number of carbonyl (C=O) groups excluding carboxylic acids is 1. The van der Waals surface area contributed by atoms with Gasteiger partial charge in [0, 0.05) is 7.05 Å². The van der Waals surface area contributed by atoms with Crippen molar-refractivity contribution in [3.05, 3.63) is 0 Å². The van der Waals surface area contributed by atoms with Gasteiger partial charge in [0.25, 0.3) is 0 Å². The number of rotatable bonds is 4. The van der Waals surface area contributed by atoms with E-state index in [9.17, 15) is 14.7 Å². The van der Waals surface area contributed by atoms with Crippen LogP contribution in [0.4, 0.5) is 0 Å². The summed E-state index contributed by atoms with van der Waals surface area (Å²) in [5.74, 6) is -0.912. The van der Waals surface area contributed by atoms with Gasteiger partial charge in [-0.15, -0.1) is 0 Å². The van der Waals surface area contributed by atoms with E-state index < -0.39 is 12.0 Å². The monoisotopic (exact) mass is 242 g/mol. The van der Waals surface area contributed by atoms with Gasteiger partial charge in [-0.25, -0.2) is 0 Å². The molecule has 2 atom stereocenters.